The van der Waals surface area contributed by atoms with Crippen LogP contribution in [-0.4, -0.2) is 46.8 Å². The number of rotatable bonds is 4. The van der Waals surface area contributed by atoms with Gasteiger partial charge in [0.1, 0.15) is 10.7 Å². The van der Waals surface area contributed by atoms with Crippen LogP contribution < -0.4 is 10.5 Å². The zero-order valence-electron chi connectivity index (χ0n) is 12.0. The Morgan fingerprint density at radius 2 is 2.10 bits per heavy atom. The van der Waals surface area contributed by atoms with Crippen LogP contribution >= 0.6 is 12.2 Å². The maximum atomic E-state index is 11.9. The lowest BCUT2D eigenvalue weighted by atomic mass is 10.1. The molecule has 0 aliphatic rings. The molecule has 7 heteroatoms. The monoisotopic (exact) mass is 304 g/mol. The Labute approximate surface area is 128 Å². The van der Waals surface area contributed by atoms with Crippen molar-refractivity contribution in [2.24, 2.45) is 5.73 Å². The molecular weight excluding hydrogens is 288 g/mol. The van der Waals surface area contributed by atoms with E-state index in [1.54, 1.807) is 56.3 Å². The molecule has 0 saturated carbocycles. The van der Waals surface area contributed by atoms with Crippen LogP contribution in [0.2, 0.25) is 0 Å². The van der Waals surface area contributed by atoms with Gasteiger partial charge in [0.05, 0.1) is 12.8 Å². The fraction of sp³-hybridized carbons (Fsp3) is 0.214. The van der Waals surface area contributed by atoms with Gasteiger partial charge in [-0.15, -0.1) is 0 Å². The Kier molecular flexibility index (Phi) is 4.23. The molecule has 0 atom stereocenters. The van der Waals surface area contributed by atoms with E-state index in [9.17, 15) is 4.79 Å². The standard InChI is InChI=1S/C14H16N4O2S/c1-17(2)14(19)11-6-7-18(16-11)12-8-9(20-3)4-5-10(12)13(15)21/h4-8H,1-3H3,(H2,15,21). The van der Waals surface area contributed by atoms with Gasteiger partial charge < -0.3 is 15.4 Å². The Balaban J connectivity index is 2.50. The molecule has 21 heavy (non-hydrogen) atoms. The van der Waals surface area contributed by atoms with Crippen molar-refractivity contribution in [2.45, 2.75) is 0 Å². The summed E-state index contributed by atoms with van der Waals surface area (Å²) in [7, 11) is 4.92. The van der Waals surface area contributed by atoms with Gasteiger partial charge in [-0.1, -0.05) is 12.2 Å². The summed E-state index contributed by atoms with van der Waals surface area (Å²) in [5.41, 5.74) is 7.41. The van der Waals surface area contributed by atoms with Crippen LogP contribution in [0.5, 0.6) is 5.75 Å². The number of carbonyl (C=O) groups excluding carboxylic acids is 1. The van der Waals surface area contributed by atoms with Crippen molar-refractivity contribution in [1.82, 2.24) is 14.7 Å². The average Bonchev–Trinajstić information content (AvgIpc) is 2.95. The van der Waals surface area contributed by atoms with E-state index >= 15 is 0 Å². The lowest BCUT2D eigenvalue weighted by molar-refractivity contribution is 0.0821. The molecule has 1 aromatic carbocycles. The molecule has 0 spiro atoms. The highest BCUT2D eigenvalue weighted by molar-refractivity contribution is 7.80. The molecule has 0 fully saturated rings. The van der Waals surface area contributed by atoms with Crippen molar-refractivity contribution >= 4 is 23.1 Å². The summed E-state index contributed by atoms with van der Waals surface area (Å²) in [6, 6.07) is 6.95. The summed E-state index contributed by atoms with van der Waals surface area (Å²) in [6.07, 6.45) is 1.69. The fourth-order valence-corrected chi connectivity index (χ4v) is 2.01. The van der Waals surface area contributed by atoms with Gasteiger partial charge in [0.2, 0.25) is 0 Å². The summed E-state index contributed by atoms with van der Waals surface area (Å²) >= 11 is 5.05. The predicted molar refractivity (Wildman–Crippen MR) is 84.0 cm³/mol. The quantitative estimate of drug-likeness (QED) is 0.860. The lowest BCUT2D eigenvalue weighted by Gasteiger charge is -2.11. The van der Waals surface area contributed by atoms with Crippen molar-refractivity contribution in [2.75, 3.05) is 21.2 Å². The Morgan fingerprint density at radius 1 is 1.38 bits per heavy atom. The molecule has 2 aromatic rings. The maximum absolute atomic E-state index is 11.9. The molecule has 110 valence electrons. The number of amides is 1. The minimum Gasteiger partial charge on any atom is -0.497 e. The molecule has 1 amide bonds. The number of aromatic nitrogens is 2. The predicted octanol–water partition coefficient (Wildman–Crippen LogP) is 1.22. The number of carbonyl (C=O) groups is 1. The summed E-state index contributed by atoms with van der Waals surface area (Å²) in [4.78, 5) is 13.6. The number of hydrogen-bond acceptors (Lipinski definition) is 4. The second kappa shape index (κ2) is 5.92. The van der Waals surface area contributed by atoms with Gasteiger partial charge in [-0.25, -0.2) is 4.68 Å². The average molecular weight is 304 g/mol. The minimum atomic E-state index is -0.173. The number of thiocarbonyl (C=S) groups is 1. The first-order valence-corrected chi connectivity index (χ1v) is 6.60. The van der Waals surface area contributed by atoms with Crippen molar-refractivity contribution in [3.8, 4) is 11.4 Å². The van der Waals surface area contributed by atoms with E-state index in [-0.39, 0.29) is 10.9 Å². The third-order valence-corrected chi connectivity index (χ3v) is 3.15. The van der Waals surface area contributed by atoms with E-state index in [4.69, 9.17) is 22.7 Å². The number of nitrogens with two attached hydrogens (primary N) is 1. The SMILES string of the molecule is COc1ccc(C(N)=S)c(-n2ccc(C(=O)N(C)C)n2)c1. The maximum Gasteiger partial charge on any atom is 0.273 e. The molecule has 0 radical (unpaired) electrons. The van der Waals surface area contributed by atoms with Crippen molar-refractivity contribution in [1.29, 1.82) is 0 Å². The third kappa shape index (κ3) is 3.03. The van der Waals surface area contributed by atoms with Crippen molar-refractivity contribution in [3.05, 3.63) is 41.7 Å². The van der Waals surface area contributed by atoms with Crippen molar-refractivity contribution < 1.29 is 9.53 Å². The molecule has 6 nitrogen and oxygen atoms in total. The molecule has 0 saturated heterocycles. The van der Waals surface area contributed by atoms with Crippen LogP contribution in [0.1, 0.15) is 16.1 Å². The van der Waals surface area contributed by atoms with Gasteiger partial charge >= 0.3 is 0 Å². The number of benzene rings is 1. The van der Waals surface area contributed by atoms with E-state index in [0.717, 1.165) is 0 Å². The van der Waals surface area contributed by atoms with Crippen LogP contribution in [0.15, 0.2) is 30.5 Å². The Bertz CT molecular complexity index is 694. The lowest BCUT2D eigenvalue weighted by Crippen LogP contribution is -2.22. The molecule has 0 aliphatic carbocycles. The van der Waals surface area contributed by atoms with Gasteiger partial charge in [-0.2, -0.15) is 5.10 Å². The van der Waals surface area contributed by atoms with Crippen LogP contribution in [0.25, 0.3) is 5.69 Å². The second-order valence-electron chi connectivity index (χ2n) is 4.59. The summed E-state index contributed by atoms with van der Waals surface area (Å²) in [5, 5.41) is 4.27. The molecule has 1 aromatic heterocycles. The zero-order valence-corrected chi connectivity index (χ0v) is 12.8. The summed E-state index contributed by atoms with van der Waals surface area (Å²) in [5.74, 6) is 0.481. The van der Waals surface area contributed by atoms with Gasteiger partial charge in [0, 0.05) is 31.9 Å². The Morgan fingerprint density at radius 3 is 2.67 bits per heavy atom. The number of methoxy groups -OCH3 is 1. The molecular formula is C14H16N4O2S. The normalized spacial score (nSPS) is 10.2. The van der Waals surface area contributed by atoms with Crippen LogP contribution in [0.3, 0.4) is 0 Å². The third-order valence-electron chi connectivity index (χ3n) is 2.93. The van der Waals surface area contributed by atoms with Gasteiger partial charge in [-0.05, 0) is 18.2 Å². The molecule has 1 heterocycles. The largest absolute Gasteiger partial charge is 0.497 e. The zero-order chi connectivity index (χ0) is 15.6. The smallest absolute Gasteiger partial charge is 0.273 e. The van der Waals surface area contributed by atoms with Crippen LogP contribution in [0.4, 0.5) is 0 Å². The summed E-state index contributed by atoms with van der Waals surface area (Å²) in [6.45, 7) is 0. The van der Waals surface area contributed by atoms with E-state index in [0.29, 0.717) is 22.7 Å². The second-order valence-corrected chi connectivity index (χ2v) is 5.03. The van der Waals surface area contributed by atoms with Gasteiger partial charge in [0.25, 0.3) is 5.91 Å². The number of hydrogen-bond donors (Lipinski definition) is 1. The molecule has 0 unspecified atom stereocenters. The number of nitrogens with zero attached hydrogens (tertiary/aromatic N) is 3. The van der Waals surface area contributed by atoms with E-state index in [1.807, 2.05) is 0 Å². The first-order valence-electron chi connectivity index (χ1n) is 6.19. The van der Waals surface area contributed by atoms with E-state index in [2.05, 4.69) is 5.10 Å². The minimum absolute atomic E-state index is 0.173. The Hall–Kier alpha value is -2.41. The summed E-state index contributed by atoms with van der Waals surface area (Å²) < 4.78 is 6.77. The first-order chi connectivity index (χ1) is 9.93. The van der Waals surface area contributed by atoms with Crippen molar-refractivity contribution in [3.63, 3.8) is 0 Å². The van der Waals surface area contributed by atoms with Crippen LogP contribution in [-0.2, 0) is 0 Å². The number of ether oxygens (including phenoxy) is 1. The van der Waals surface area contributed by atoms with E-state index in [1.165, 1.54) is 4.90 Å². The highest BCUT2D eigenvalue weighted by Gasteiger charge is 2.15. The van der Waals surface area contributed by atoms with Gasteiger partial charge in [0.15, 0.2) is 5.69 Å². The topological polar surface area (TPSA) is 73.4 Å². The molecule has 0 aliphatic heterocycles. The molecule has 2 N–H and O–H groups in total. The highest BCUT2D eigenvalue weighted by atomic mass is 32.1. The molecule has 2 rings (SSSR count). The highest BCUT2D eigenvalue weighted by Crippen LogP contribution is 2.21. The fourth-order valence-electron chi connectivity index (χ4n) is 1.84. The first kappa shape index (κ1) is 15.0. The van der Waals surface area contributed by atoms with Gasteiger partial charge in [-0.3, -0.25) is 4.79 Å². The van der Waals surface area contributed by atoms with Crippen LogP contribution in [0, 0.1) is 0 Å². The molecule has 0 bridgehead atoms. The van der Waals surface area contributed by atoms with E-state index < -0.39 is 0 Å².